The van der Waals surface area contributed by atoms with E-state index in [1.54, 1.807) is 20.7 Å². The SMILES string of the molecule is CCc1ccc2[cH-]c(CC(C)C)cc2c1-c1cc([Si](C)(C)C)cc([Si](C)(C)C)c1.CCc1ccc2[cH-]c(CC(C)C)cc2c1-c1cc([Si](C)(C)C)cc([Si](C)(C)C)c1.[Cl][Zr][Cl].[c-]1cccc2c1[Si]c1ccccc1-2. The van der Waals surface area contributed by atoms with Crippen LogP contribution < -0.4 is 31.1 Å². The molecule has 0 aliphatic carbocycles. The Bertz CT molecular complexity index is 2890. The molecule has 0 bridgehead atoms. The van der Waals surface area contributed by atoms with Crippen LogP contribution in [0.25, 0.3) is 54.9 Å². The fourth-order valence-electron chi connectivity index (χ4n) is 10.2. The van der Waals surface area contributed by atoms with Crippen molar-refractivity contribution in [2.75, 3.05) is 0 Å². The van der Waals surface area contributed by atoms with Crippen molar-refractivity contribution in [1.29, 1.82) is 0 Å². The molecular formula is C66H85Cl2Si5Zr-3. The summed E-state index contributed by atoms with van der Waals surface area (Å²) in [6.45, 7) is 43.6. The first-order chi connectivity index (χ1) is 34.7. The molecule has 1 heterocycles. The molecule has 1 aliphatic heterocycles. The van der Waals surface area contributed by atoms with E-state index in [9.17, 15) is 0 Å². The third-order valence-electron chi connectivity index (χ3n) is 14.4. The summed E-state index contributed by atoms with van der Waals surface area (Å²) in [7, 11) is 5.07. The Hall–Kier alpha value is -2.91. The maximum absolute atomic E-state index is 4.93. The van der Waals surface area contributed by atoms with Crippen LogP contribution >= 0.6 is 17.0 Å². The largest absolute Gasteiger partial charge is 0.184 e. The average molecular weight is 1180 g/mol. The van der Waals surface area contributed by atoms with Gasteiger partial charge in [-0.3, -0.25) is 0 Å². The van der Waals surface area contributed by atoms with E-state index in [1.165, 1.54) is 87.6 Å². The van der Waals surface area contributed by atoms with E-state index in [1.807, 2.05) is 6.07 Å². The van der Waals surface area contributed by atoms with Gasteiger partial charge < -0.3 is 0 Å². The Kier molecular flexibility index (Phi) is 20.6. The van der Waals surface area contributed by atoms with Crippen molar-refractivity contribution in [2.24, 2.45) is 11.8 Å². The van der Waals surface area contributed by atoms with Crippen molar-refractivity contribution in [1.82, 2.24) is 0 Å². The first-order valence-corrected chi connectivity index (χ1v) is 48.6. The van der Waals surface area contributed by atoms with Gasteiger partial charge in [0.1, 0.15) is 0 Å². The van der Waals surface area contributed by atoms with Gasteiger partial charge in [0.15, 0.2) is 0 Å². The molecule has 0 nitrogen and oxygen atoms in total. The molecule has 0 atom stereocenters. The summed E-state index contributed by atoms with van der Waals surface area (Å²) in [6, 6.07) is 52.5. The van der Waals surface area contributed by atoms with E-state index in [0.717, 1.165) is 35.2 Å². The van der Waals surface area contributed by atoms with Gasteiger partial charge in [0.2, 0.25) is 0 Å². The predicted octanol–water partition coefficient (Wildman–Crippen LogP) is 16.7. The molecule has 1 aliphatic rings. The van der Waals surface area contributed by atoms with Gasteiger partial charge in [-0.1, -0.05) is 235 Å². The number of rotatable bonds is 12. The van der Waals surface area contributed by atoms with Crippen molar-refractivity contribution in [3.05, 3.63) is 156 Å². The summed E-state index contributed by atoms with van der Waals surface area (Å²) in [4.78, 5) is 0. The first-order valence-electron chi connectivity index (χ1n) is 27.2. The van der Waals surface area contributed by atoms with Crippen LogP contribution in [0.4, 0.5) is 0 Å². The zero-order valence-electron chi connectivity index (χ0n) is 48.4. The van der Waals surface area contributed by atoms with E-state index >= 15 is 0 Å². The first kappa shape index (κ1) is 60.3. The summed E-state index contributed by atoms with van der Waals surface area (Å²) >= 11 is -0.826. The minimum absolute atomic E-state index is 0.689. The number of hydrogen-bond donors (Lipinski definition) is 0. The fourth-order valence-corrected chi connectivity index (χ4v) is 16.5. The molecule has 0 aromatic heterocycles. The Balaban J connectivity index is 0.000000186. The summed E-state index contributed by atoms with van der Waals surface area (Å²) in [5.74, 6) is 1.38. The third-order valence-corrected chi connectivity index (χ3v) is 23.8. The van der Waals surface area contributed by atoms with Gasteiger partial charge in [-0.25, -0.2) is 0 Å². The Labute approximate surface area is 474 Å². The number of hydrogen-bond acceptors (Lipinski definition) is 0. The molecule has 0 N–H and O–H groups in total. The third kappa shape index (κ3) is 15.2. The molecule has 0 saturated carbocycles. The van der Waals surface area contributed by atoms with E-state index in [-0.39, 0.29) is 0 Å². The molecule has 0 spiro atoms. The molecule has 390 valence electrons. The Morgan fingerprint density at radius 1 is 0.500 bits per heavy atom. The summed E-state index contributed by atoms with van der Waals surface area (Å²) in [5, 5.41) is 14.9. The van der Waals surface area contributed by atoms with Gasteiger partial charge in [0, 0.05) is 0 Å². The van der Waals surface area contributed by atoms with Crippen LogP contribution in [0, 0.1) is 17.9 Å². The maximum Gasteiger partial charge on any atom is 0.0920 e. The summed E-state index contributed by atoms with van der Waals surface area (Å²) in [5.41, 5.74) is 14.6. The molecule has 74 heavy (non-hydrogen) atoms. The smallest absolute Gasteiger partial charge is 0.0920 e. The van der Waals surface area contributed by atoms with Crippen molar-refractivity contribution >= 4 is 112 Å². The van der Waals surface area contributed by atoms with Gasteiger partial charge in [0.05, 0.1) is 41.8 Å². The molecule has 8 aromatic rings. The number of benzene rings is 6. The van der Waals surface area contributed by atoms with Gasteiger partial charge in [0.25, 0.3) is 0 Å². The maximum atomic E-state index is 4.93. The second-order valence-corrected chi connectivity index (χ2v) is 51.0. The molecule has 9 rings (SSSR count). The number of fused-ring (bicyclic) bond motifs is 5. The van der Waals surface area contributed by atoms with E-state index in [4.69, 9.17) is 17.0 Å². The standard InChI is InChI=1S/2C27H39Si2.C12H7Si.2ClH.Zr/c2*1-10-21-11-12-22-14-20(13-19(2)3)15-26(22)27(21)23-16-24(28(4,5)6)18-25(17-23)29(7,8)9;1-3-7-11-9(5-1)10-6-2-4-8-12(10)13-11;;;/h2*11-12,14-19H,10,13H2,1-9H3;1-7H;2*1H;/q3*-1;;;+2/p-2. The summed E-state index contributed by atoms with van der Waals surface area (Å²) < 4.78 is 0. The molecule has 8 heteroatoms. The van der Waals surface area contributed by atoms with Crippen LogP contribution in [0.2, 0.25) is 78.6 Å². The number of aryl methyl sites for hydroxylation is 2. The molecule has 0 amide bonds. The van der Waals surface area contributed by atoms with Gasteiger partial charge in [-0.2, -0.15) is 41.6 Å². The van der Waals surface area contributed by atoms with Crippen LogP contribution in [0.15, 0.2) is 127 Å². The predicted molar refractivity (Wildman–Crippen MR) is 345 cm³/mol. The molecule has 8 aromatic carbocycles. The molecule has 0 saturated heterocycles. The van der Waals surface area contributed by atoms with Crippen LogP contribution in [-0.2, 0) is 46.5 Å². The van der Waals surface area contributed by atoms with Crippen molar-refractivity contribution in [2.45, 2.75) is 146 Å². The average Bonchev–Trinajstić information content (AvgIpc) is 4.04. The quantitative estimate of drug-likeness (QED) is 0.0845. The van der Waals surface area contributed by atoms with Crippen LogP contribution in [0.3, 0.4) is 0 Å². The molecule has 2 radical (unpaired) electrons. The van der Waals surface area contributed by atoms with Crippen LogP contribution in [0.1, 0.15) is 63.8 Å². The zero-order valence-corrected chi connectivity index (χ0v) is 57.3. The van der Waals surface area contributed by atoms with E-state index in [0.29, 0.717) is 11.8 Å². The second-order valence-electron chi connectivity index (χ2n) is 25.6. The van der Waals surface area contributed by atoms with Crippen molar-refractivity contribution in [3.8, 4) is 33.4 Å². The van der Waals surface area contributed by atoms with Crippen LogP contribution in [0.5, 0.6) is 0 Å². The van der Waals surface area contributed by atoms with E-state index in [2.05, 4.69) is 248 Å². The van der Waals surface area contributed by atoms with Gasteiger partial charge in [-0.15, -0.1) is 74.6 Å². The van der Waals surface area contributed by atoms with E-state index < -0.39 is 53.1 Å². The fraction of sp³-hybridized carbons (Fsp3) is 0.364. The Morgan fingerprint density at radius 3 is 1.24 bits per heavy atom. The Morgan fingerprint density at radius 2 is 0.878 bits per heavy atom. The normalized spacial score (nSPS) is 12.5. The molecular weight excluding hydrogens is 1100 g/mol. The number of halogens is 2. The molecule has 0 fully saturated rings. The zero-order chi connectivity index (χ0) is 54.5. The minimum Gasteiger partial charge on any atom is -0.184 e. The van der Waals surface area contributed by atoms with Crippen LogP contribution in [-0.4, -0.2) is 41.8 Å². The van der Waals surface area contributed by atoms with Gasteiger partial charge in [-0.05, 0) is 48.6 Å². The minimum atomic E-state index is -1.40. The monoisotopic (exact) mass is 1180 g/mol. The van der Waals surface area contributed by atoms with Crippen molar-refractivity contribution in [3.63, 3.8) is 0 Å². The van der Waals surface area contributed by atoms with Gasteiger partial charge >= 0.3 is 37.9 Å². The topological polar surface area (TPSA) is 0 Å². The summed E-state index contributed by atoms with van der Waals surface area (Å²) in [6.07, 6.45) is 4.47. The second kappa shape index (κ2) is 25.3. The molecule has 0 unspecified atom stereocenters. The van der Waals surface area contributed by atoms with Crippen molar-refractivity contribution < 1.29 is 20.8 Å².